The van der Waals surface area contributed by atoms with E-state index in [2.05, 4.69) is 90.3 Å². The Morgan fingerprint density at radius 3 is 2.13 bits per heavy atom. The van der Waals surface area contributed by atoms with Crippen LogP contribution in [0.15, 0.2) is 155 Å². The first kappa shape index (κ1) is 28.8. The van der Waals surface area contributed by atoms with Crippen LogP contribution >= 0.6 is 0 Å². The number of fused-ring (bicyclic) bond motifs is 8. The van der Waals surface area contributed by atoms with Crippen molar-refractivity contribution >= 4 is 60.7 Å². The van der Waals surface area contributed by atoms with Crippen LogP contribution in [0.25, 0.3) is 106 Å². The van der Waals surface area contributed by atoms with Crippen LogP contribution < -0.4 is 5.32 Å². The van der Waals surface area contributed by atoms with Crippen LogP contribution in [-0.2, 0) is 6.54 Å². The van der Waals surface area contributed by atoms with Crippen molar-refractivity contribution in [1.82, 2.24) is 20.3 Å². The standard InChI is InChI=1S/C46H28N4O2/c1-2-10-28(11-3-1)44-48-45(35-14-8-16-39-41(35)34-13-6-7-15-38(34)51-39)50-46(49-44)36-20-19-33(31-18-17-27-9-4-5-12-29(27)23-31)43-42(36)37-24-32-26-47-22-21-30(32)25-40(37)52-43/h1-25,47H,26H2. The summed E-state index contributed by atoms with van der Waals surface area (Å²) in [5.74, 6) is 1.74. The maximum Gasteiger partial charge on any atom is 0.164 e. The molecule has 0 bridgehead atoms. The molecule has 1 N–H and O–H groups in total. The Labute approximate surface area is 297 Å². The highest BCUT2D eigenvalue weighted by Gasteiger charge is 2.23. The Hall–Kier alpha value is -7.05. The molecule has 1 aliphatic rings. The lowest BCUT2D eigenvalue weighted by Crippen LogP contribution is -2.09. The van der Waals surface area contributed by atoms with E-state index in [9.17, 15) is 0 Å². The second-order valence-electron chi connectivity index (χ2n) is 13.2. The SMILES string of the molecule is C1=Cc2cc3oc4c(-c5ccc6ccccc6c5)ccc(-c5nc(-c6ccccc6)nc(-c6cccc7oc8ccccc8c67)n5)c4c3cc2CN1. The Morgan fingerprint density at radius 1 is 0.481 bits per heavy atom. The molecule has 10 aromatic rings. The number of hydrogen-bond donors (Lipinski definition) is 1. The number of rotatable bonds is 4. The fourth-order valence-corrected chi connectivity index (χ4v) is 7.68. The second kappa shape index (κ2) is 11.2. The predicted molar refractivity (Wildman–Crippen MR) is 210 cm³/mol. The van der Waals surface area contributed by atoms with E-state index in [-0.39, 0.29) is 0 Å². The summed E-state index contributed by atoms with van der Waals surface area (Å²) >= 11 is 0. The third kappa shape index (κ3) is 4.48. The van der Waals surface area contributed by atoms with Gasteiger partial charge in [-0.2, -0.15) is 0 Å². The van der Waals surface area contributed by atoms with Gasteiger partial charge in [0.15, 0.2) is 17.5 Å². The van der Waals surface area contributed by atoms with E-state index >= 15 is 0 Å². The Balaban J connectivity index is 1.21. The molecule has 1 aliphatic heterocycles. The third-order valence-corrected chi connectivity index (χ3v) is 10.2. The first-order chi connectivity index (χ1) is 25.7. The van der Waals surface area contributed by atoms with Crippen LogP contribution in [0.1, 0.15) is 11.1 Å². The molecule has 0 spiro atoms. The van der Waals surface area contributed by atoms with Crippen LogP contribution in [0.3, 0.4) is 0 Å². The van der Waals surface area contributed by atoms with Gasteiger partial charge in [-0.25, -0.2) is 15.0 Å². The number of para-hydroxylation sites is 1. The molecule has 4 heterocycles. The molecule has 0 fully saturated rings. The van der Waals surface area contributed by atoms with E-state index in [1.165, 1.54) is 16.3 Å². The summed E-state index contributed by atoms with van der Waals surface area (Å²) in [5, 5.41) is 9.74. The van der Waals surface area contributed by atoms with Gasteiger partial charge in [0.2, 0.25) is 0 Å². The van der Waals surface area contributed by atoms with Crippen LogP contribution in [-0.4, -0.2) is 15.0 Å². The zero-order valence-electron chi connectivity index (χ0n) is 27.8. The normalized spacial score (nSPS) is 12.6. The number of hydrogen-bond acceptors (Lipinski definition) is 6. The molecule has 0 saturated carbocycles. The topological polar surface area (TPSA) is 77.0 Å². The molecule has 0 atom stereocenters. The quantitative estimate of drug-likeness (QED) is 0.201. The maximum absolute atomic E-state index is 6.87. The smallest absolute Gasteiger partial charge is 0.164 e. The van der Waals surface area contributed by atoms with Crippen molar-refractivity contribution in [3.05, 3.63) is 157 Å². The highest BCUT2D eigenvalue weighted by Crippen LogP contribution is 2.44. The molecule has 0 amide bonds. The first-order valence-corrected chi connectivity index (χ1v) is 17.4. The zero-order valence-corrected chi connectivity index (χ0v) is 27.8. The van der Waals surface area contributed by atoms with Gasteiger partial charge in [-0.1, -0.05) is 97.1 Å². The lowest BCUT2D eigenvalue weighted by Gasteiger charge is -2.13. The fraction of sp³-hybridized carbons (Fsp3) is 0.0217. The minimum atomic E-state index is 0.571. The minimum absolute atomic E-state index is 0.571. The van der Waals surface area contributed by atoms with Gasteiger partial charge in [0.1, 0.15) is 22.3 Å². The first-order valence-electron chi connectivity index (χ1n) is 17.4. The van der Waals surface area contributed by atoms with Crippen molar-refractivity contribution in [1.29, 1.82) is 0 Å². The average molecular weight is 669 g/mol. The molecule has 6 nitrogen and oxygen atoms in total. The summed E-state index contributed by atoms with van der Waals surface area (Å²) in [5.41, 5.74) is 10.4. The summed E-state index contributed by atoms with van der Waals surface area (Å²) in [6.45, 7) is 0.741. The summed E-state index contributed by atoms with van der Waals surface area (Å²) in [6.07, 6.45) is 4.09. The molecule has 52 heavy (non-hydrogen) atoms. The van der Waals surface area contributed by atoms with Gasteiger partial charge < -0.3 is 14.2 Å². The molecule has 0 radical (unpaired) electrons. The number of furan rings is 2. The Bertz CT molecular complexity index is 3080. The van der Waals surface area contributed by atoms with Gasteiger partial charge in [-0.3, -0.25) is 0 Å². The third-order valence-electron chi connectivity index (χ3n) is 10.2. The maximum atomic E-state index is 6.87. The molecular formula is C46H28N4O2. The molecule has 0 unspecified atom stereocenters. The van der Waals surface area contributed by atoms with Crippen molar-refractivity contribution in [2.45, 2.75) is 6.54 Å². The second-order valence-corrected chi connectivity index (χ2v) is 13.2. The molecular weight excluding hydrogens is 641 g/mol. The summed E-state index contributed by atoms with van der Waals surface area (Å²) < 4.78 is 13.1. The molecule has 11 rings (SSSR count). The van der Waals surface area contributed by atoms with E-state index in [1.54, 1.807) is 0 Å². The van der Waals surface area contributed by atoms with E-state index in [0.717, 1.165) is 83.8 Å². The van der Waals surface area contributed by atoms with Gasteiger partial charge >= 0.3 is 0 Å². The van der Waals surface area contributed by atoms with Crippen LogP contribution in [0.2, 0.25) is 0 Å². The van der Waals surface area contributed by atoms with Crippen molar-refractivity contribution in [3.8, 4) is 45.3 Å². The lowest BCUT2D eigenvalue weighted by molar-refractivity contribution is 0.669. The van der Waals surface area contributed by atoms with Crippen molar-refractivity contribution in [2.24, 2.45) is 0 Å². The number of nitrogens with zero attached hydrogens (tertiary/aromatic N) is 3. The zero-order chi connectivity index (χ0) is 34.2. The van der Waals surface area contributed by atoms with Gasteiger partial charge in [-0.05, 0) is 82.2 Å². The summed E-state index contributed by atoms with van der Waals surface area (Å²) in [4.78, 5) is 15.6. The molecule has 0 aliphatic carbocycles. The fourth-order valence-electron chi connectivity index (χ4n) is 7.68. The van der Waals surface area contributed by atoms with E-state index in [1.807, 2.05) is 66.9 Å². The number of benzene rings is 7. The number of aromatic nitrogens is 3. The highest BCUT2D eigenvalue weighted by molar-refractivity contribution is 6.17. The number of nitrogens with one attached hydrogen (secondary N) is 1. The van der Waals surface area contributed by atoms with Crippen molar-refractivity contribution in [3.63, 3.8) is 0 Å². The molecule has 7 aromatic carbocycles. The molecule has 0 saturated heterocycles. The van der Waals surface area contributed by atoms with Crippen molar-refractivity contribution in [2.75, 3.05) is 0 Å². The summed E-state index contributed by atoms with van der Waals surface area (Å²) in [7, 11) is 0. The van der Waals surface area contributed by atoms with Gasteiger partial charge in [0.05, 0.1) is 0 Å². The summed E-state index contributed by atoms with van der Waals surface area (Å²) in [6, 6.07) is 48.0. The largest absolute Gasteiger partial charge is 0.456 e. The van der Waals surface area contributed by atoms with E-state index in [4.69, 9.17) is 23.8 Å². The lowest BCUT2D eigenvalue weighted by atomic mass is 9.95. The molecule has 6 heteroatoms. The van der Waals surface area contributed by atoms with Crippen LogP contribution in [0.4, 0.5) is 0 Å². The van der Waals surface area contributed by atoms with Crippen LogP contribution in [0.5, 0.6) is 0 Å². The molecule has 3 aromatic heterocycles. The Morgan fingerprint density at radius 2 is 1.23 bits per heavy atom. The van der Waals surface area contributed by atoms with Gasteiger partial charge in [-0.15, -0.1) is 0 Å². The van der Waals surface area contributed by atoms with Crippen molar-refractivity contribution < 1.29 is 8.83 Å². The average Bonchev–Trinajstić information content (AvgIpc) is 3.78. The Kier molecular flexibility index (Phi) is 6.21. The highest BCUT2D eigenvalue weighted by atomic mass is 16.3. The predicted octanol–water partition coefficient (Wildman–Crippen LogP) is 11.6. The minimum Gasteiger partial charge on any atom is -0.456 e. The van der Waals surface area contributed by atoms with Gasteiger partial charge in [0, 0.05) is 50.3 Å². The monoisotopic (exact) mass is 668 g/mol. The van der Waals surface area contributed by atoms with E-state index in [0.29, 0.717) is 17.5 Å². The van der Waals surface area contributed by atoms with Crippen LogP contribution in [0, 0.1) is 0 Å². The van der Waals surface area contributed by atoms with E-state index < -0.39 is 0 Å². The molecule has 244 valence electrons. The van der Waals surface area contributed by atoms with Gasteiger partial charge in [0.25, 0.3) is 0 Å².